The molecule has 0 aliphatic rings. The van der Waals surface area contributed by atoms with E-state index >= 15 is 0 Å². The zero-order chi connectivity index (χ0) is 17.7. The quantitative estimate of drug-likeness (QED) is 0.770. The molecule has 5 heteroatoms. The number of halogens is 1. The summed E-state index contributed by atoms with van der Waals surface area (Å²) in [6.07, 6.45) is 1.68. The molecule has 1 N–H and O–H groups in total. The van der Waals surface area contributed by atoms with Gasteiger partial charge in [-0.05, 0) is 49.2 Å². The molecule has 0 unspecified atom stereocenters. The Balaban J connectivity index is 2.39. The Morgan fingerprint density at radius 1 is 1.12 bits per heavy atom. The van der Waals surface area contributed by atoms with Crippen molar-refractivity contribution in [1.82, 2.24) is 0 Å². The molecular weight excluding hydrogens is 326 g/mol. The largest absolute Gasteiger partial charge is 0.493 e. The minimum Gasteiger partial charge on any atom is -0.493 e. The first kappa shape index (κ1) is 17.9. The molecule has 0 bridgehead atoms. The normalized spacial score (nSPS) is 11.1. The van der Waals surface area contributed by atoms with Crippen LogP contribution in [0.1, 0.15) is 18.1 Å². The maximum atomic E-state index is 12.1. The molecule has 2 aromatic carbocycles. The van der Waals surface area contributed by atoms with Crippen LogP contribution in [0.4, 0.5) is 5.69 Å². The molecular formula is C19H20ClNO3. The van der Waals surface area contributed by atoms with Gasteiger partial charge in [-0.15, -0.1) is 0 Å². The van der Waals surface area contributed by atoms with Gasteiger partial charge in [-0.25, -0.2) is 0 Å². The number of carbonyl (C=O) groups excluding carboxylic acids is 1. The van der Waals surface area contributed by atoms with E-state index in [0.717, 1.165) is 16.8 Å². The number of carbonyl (C=O) groups is 1. The number of allylic oxidation sites excluding steroid dienone is 1. The third kappa shape index (κ3) is 3.89. The van der Waals surface area contributed by atoms with Crippen molar-refractivity contribution < 1.29 is 14.3 Å². The lowest BCUT2D eigenvalue weighted by molar-refractivity contribution is -0.111. The molecule has 0 aliphatic carbocycles. The topological polar surface area (TPSA) is 47.6 Å². The summed E-state index contributed by atoms with van der Waals surface area (Å²) >= 11 is 6.12. The summed E-state index contributed by atoms with van der Waals surface area (Å²) in [7, 11) is 3.13. The number of methoxy groups -OCH3 is 2. The van der Waals surface area contributed by atoms with E-state index in [1.807, 2.05) is 31.2 Å². The average molecular weight is 346 g/mol. The van der Waals surface area contributed by atoms with Crippen molar-refractivity contribution in [2.24, 2.45) is 0 Å². The second-order valence-electron chi connectivity index (χ2n) is 5.24. The van der Waals surface area contributed by atoms with E-state index in [0.29, 0.717) is 22.1 Å². The maximum Gasteiger partial charge on any atom is 0.161 e. The minimum atomic E-state index is -0.0607. The Hall–Kier alpha value is -2.46. The van der Waals surface area contributed by atoms with Crippen molar-refractivity contribution in [3.63, 3.8) is 0 Å². The summed E-state index contributed by atoms with van der Waals surface area (Å²) in [5.74, 6) is 1.12. The van der Waals surface area contributed by atoms with Gasteiger partial charge in [0.2, 0.25) is 0 Å². The summed E-state index contributed by atoms with van der Waals surface area (Å²) in [5, 5.41) is 3.83. The maximum absolute atomic E-state index is 12.1. The summed E-state index contributed by atoms with van der Waals surface area (Å²) in [6.45, 7) is 3.44. The van der Waals surface area contributed by atoms with Crippen molar-refractivity contribution in [3.8, 4) is 11.5 Å². The van der Waals surface area contributed by atoms with E-state index in [1.165, 1.54) is 6.92 Å². The van der Waals surface area contributed by atoms with Crippen molar-refractivity contribution in [3.05, 3.63) is 58.7 Å². The van der Waals surface area contributed by atoms with Crippen LogP contribution < -0.4 is 14.8 Å². The molecule has 0 amide bonds. The lowest BCUT2D eigenvalue weighted by atomic mass is 10.0. The third-order valence-electron chi connectivity index (χ3n) is 3.71. The van der Waals surface area contributed by atoms with Gasteiger partial charge in [0.25, 0.3) is 0 Å². The number of Topliss-reactive ketones (excluding diaryl/α,β-unsaturated/α-hetero) is 1. The lowest BCUT2D eigenvalue weighted by Gasteiger charge is -2.12. The van der Waals surface area contributed by atoms with Crippen LogP contribution in [-0.4, -0.2) is 20.0 Å². The molecule has 24 heavy (non-hydrogen) atoms. The number of rotatable bonds is 6. The molecule has 0 aliphatic heterocycles. The number of hydrogen-bond donors (Lipinski definition) is 1. The SMILES string of the molecule is COc1ccc(C(=CNc2cccc(Cl)c2C)C(C)=O)cc1OC. The van der Waals surface area contributed by atoms with Crippen LogP contribution in [0.15, 0.2) is 42.6 Å². The van der Waals surface area contributed by atoms with Crippen LogP contribution in [0.2, 0.25) is 5.02 Å². The third-order valence-corrected chi connectivity index (χ3v) is 4.12. The molecule has 0 fully saturated rings. The van der Waals surface area contributed by atoms with Crippen LogP contribution >= 0.6 is 11.6 Å². The molecule has 2 aromatic rings. The Bertz CT molecular complexity index is 784. The molecule has 0 heterocycles. The number of ketones is 1. The van der Waals surface area contributed by atoms with E-state index in [1.54, 1.807) is 32.6 Å². The summed E-state index contributed by atoms with van der Waals surface area (Å²) in [5.41, 5.74) is 3.05. The fraction of sp³-hybridized carbons (Fsp3) is 0.211. The molecule has 4 nitrogen and oxygen atoms in total. The number of benzene rings is 2. The van der Waals surface area contributed by atoms with Gasteiger partial charge in [0.15, 0.2) is 17.3 Å². The molecule has 126 valence electrons. The Labute approximate surface area is 147 Å². The molecule has 0 radical (unpaired) electrons. The van der Waals surface area contributed by atoms with Crippen LogP contribution in [0, 0.1) is 6.92 Å². The second-order valence-corrected chi connectivity index (χ2v) is 5.65. The predicted molar refractivity (Wildman–Crippen MR) is 98.0 cm³/mol. The van der Waals surface area contributed by atoms with Gasteiger partial charge in [0.1, 0.15) is 0 Å². The molecule has 0 aromatic heterocycles. The smallest absolute Gasteiger partial charge is 0.161 e. The zero-order valence-corrected chi connectivity index (χ0v) is 14.9. The number of hydrogen-bond acceptors (Lipinski definition) is 4. The first-order chi connectivity index (χ1) is 11.5. The van der Waals surface area contributed by atoms with Crippen LogP contribution in [0.3, 0.4) is 0 Å². The van der Waals surface area contributed by atoms with Gasteiger partial charge in [-0.3, -0.25) is 4.79 Å². The number of nitrogens with one attached hydrogen (secondary N) is 1. The first-order valence-corrected chi connectivity index (χ1v) is 7.81. The molecule has 0 saturated heterocycles. The fourth-order valence-corrected chi connectivity index (χ4v) is 2.48. The molecule has 2 rings (SSSR count). The monoisotopic (exact) mass is 345 g/mol. The summed E-state index contributed by atoms with van der Waals surface area (Å²) < 4.78 is 10.5. The number of anilines is 1. The van der Waals surface area contributed by atoms with Crippen LogP contribution in [-0.2, 0) is 4.79 Å². The highest BCUT2D eigenvalue weighted by atomic mass is 35.5. The van der Waals surface area contributed by atoms with Crippen LogP contribution in [0.25, 0.3) is 5.57 Å². The second kappa shape index (κ2) is 7.88. The summed E-state index contributed by atoms with van der Waals surface area (Å²) in [4.78, 5) is 12.1. The van der Waals surface area contributed by atoms with Crippen molar-refractivity contribution in [2.45, 2.75) is 13.8 Å². The zero-order valence-electron chi connectivity index (χ0n) is 14.1. The predicted octanol–water partition coefficient (Wildman–Crippen LogP) is 4.71. The summed E-state index contributed by atoms with van der Waals surface area (Å²) in [6, 6.07) is 11.0. The minimum absolute atomic E-state index is 0.0607. The Morgan fingerprint density at radius 3 is 2.46 bits per heavy atom. The molecule has 0 atom stereocenters. The van der Waals surface area contributed by atoms with Gasteiger partial charge in [-0.2, -0.15) is 0 Å². The average Bonchev–Trinajstić information content (AvgIpc) is 2.58. The highest BCUT2D eigenvalue weighted by Gasteiger charge is 2.12. The van der Waals surface area contributed by atoms with Gasteiger partial charge < -0.3 is 14.8 Å². The van der Waals surface area contributed by atoms with Gasteiger partial charge in [0.05, 0.1) is 14.2 Å². The van der Waals surface area contributed by atoms with Gasteiger partial charge in [-0.1, -0.05) is 23.7 Å². The van der Waals surface area contributed by atoms with Crippen molar-refractivity contribution in [1.29, 1.82) is 0 Å². The highest BCUT2D eigenvalue weighted by Crippen LogP contribution is 2.31. The van der Waals surface area contributed by atoms with E-state index in [9.17, 15) is 4.79 Å². The van der Waals surface area contributed by atoms with E-state index < -0.39 is 0 Å². The highest BCUT2D eigenvalue weighted by molar-refractivity contribution is 6.31. The van der Waals surface area contributed by atoms with Crippen molar-refractivity contribution in [2.75, 3.05) is 19.5 Å². The number of ether oxygens (including phenoxy) is 2. The Kier molecular flexibility index (Phi) is 5.88. The molecule has 0 spiro atoms. The lowest BCUT2D eigenvalue weighted by Crippen LogP contribution is -2.02. The van der Waals surface area contributed by atoms with E-state index in [4.69, 9.17) is 21.1 Å². The Morgan fingerprint density at radius 2 is 1.83 bits per heavy atom. The van der Waals surface area contributed by atoms with Gasteiger partial charge in [0, 0.05) is 22.5 Å². The first-order valence-electron chi connectivity index (χ1n) is 7.43. The van der Waals surface area contributed by atoms with Gasteiger partial charge >= 0.3 is 0 Å². The fourth-order valence-electron chi connectivity index (χ4n) is 2.31. The molecule has 0 saturated carbocycles. The van der Waals surface area contributed by atoms with Crippen LogP contribution in [0.5, 0.6) is 11.5 Å². The van der Waals surface area contributed by atoms with E-state index in [-0.39, 0.29) is 5.78 Å². The standard InChI is InChI=1S/C19H20ClNO3/c1-12-16(20)6-5-7-17(12)21-11-15(13(2)22)14-8-9-18(23-3)19(10-14)24-4/h5-11,21H,1-4H3. The van der Waals surface area contributed by atoms with E-state index in [2.05, 4.69) is 5.32 Å². The van der Waals surface area contributed by atoms with Crippen molar-refractivity contribution >= 4 is 28.6 Å².